The SMILES string of the molecule is CC(C(O)c1ccccc1)N(C)Cc1ccccc1OCCOc1ccccc1. The third-order valence-electron chi connectivity index (χ3n) is 5.04. The van der Waals surface area contributed by atoms with Crippen LogP contribution in [0.4, 0.5) is 0 Å². The first-order valence-corrected chi connectivity index (χ1v) is 9.97. The zero-order valence-electron chi connectivity index (χ0n) is 17.1. The quantitative estimate of drug-likeness (QED) is 0.509. The molecule has 2 unspecified atom stereocenters. The van der Waals surface area contributed by atoms with Gasteiger partial charge in [-0.2, -0.15) is 0 Å². The molecule has 3 rings (SSSR count). The summed E-state index contributed by atoms with van der Waals surface area (Å²) in [5, 5.41) is 10.7. The number of para-hydroxylation sites is 2. The van der Waals surface area contributed by atoms with Gasteiger partial charge in [0, 0.05) is 18.2 Å². The minimum absolute atomic E-state index is 0.0353. The van der Waals surface area contributed by atoms with Crippen molar-refractivity contribution in [1.29, 1.82) is 0 Å². The third-order valence-corrected chi connectivity index (χ3v) is 5.04. The predicted molar refractivity (Wildman–Crippen MR) is 116 cm³/mol. The molecule has 0 bridgehead atoms. The molecule has 0 aliphatic heterocycles. The van der Waals surface area contributed by atoms with Gasteiger partial charge >= 0.3 is 0 Å². The average molecular weight is 392 g/mol. The van der Waals surface area contributed by atoms with Crippen molar-refractivity contribution in [2.45, 2.75) is 25.6 Å². The summed E-state index contributed by atoms with van der Waals surface area (Å²) in [6.07, 6.45) is -0.548. The number of hydrogen-bond acceptors (Lipinski definition) is 4. The van der Waals surface area contributed by atoms with Crippen LogP contribution in [-0.4, -0.2) is 36.3 Å². The summed E-state index contributed by atoms with van der Waals surface area (Å²) < 4.78 is 11.7. The van der Waals surface area contributed by atoms with Crippen molar-refractivity contribution in [3.05, 3.63) is 96.1 Å². The van der Waals surface area contributed by atoms with Gasteiger partial charge in [0.2, 0.25) is 0 Å². The first-order chi connectivity index (χ1) is 14.1. The average Bonchev–Trinajstić information content (AvgIpc) is 2.78. The number of benzene rings is 3. The zero-order valence-corrected chi connectivity index (χ0v) is 17.1. The smallest absolute Gasteiger partial charge is 0.123 e. The van der Waals surface area contributed by atoms with Gasteiger partial charge in [-0.05, 0) is 37.7 Å². The molecular formula is C25H29NO3. The van der Waals surface area contributed by atoms with E-state index >= 15 is 0 Å². The topological polar surface area (TPSA) is 41.9 Å². The lowest BCUT2D eigenvalue weighted by molar-refractivity contribution is 0.0682. The number of nitrogens with zero attached hydrogens (tertiary/aromatic N) is 1. The van der Waals surface area contributed by atoms with Crippen molar-refractivity contribution in [3.8, 4) is 11.5 Å². The van der Waals surface area contributed by atoms with Crippen LogP contribution in [0.1, 0.15) is 24.2 Å². The van der Waals surface area contributed by atoms with Gasteiger partial charge in [-0.1, -0.05) is 66.7 Å². The molecule has 4 heteroatoms. The Balaban J connectivity index is 1.55. The van der Waals surface area contributed by atoms with Gasteiger partial charge in [-0.25, -0.2) is 0 Å². The monoisotopic (exact) mass is 391 g/mol. The van der Waals surface area contributed by atoms with Gasteiger partial charge in [-0.15, -0.1) is 0 Å². The maximum atomic E-state index is 10.7. The Bertz CT molecular complexity index is 854. The van der Waals surface area contributed by atoms with E-state index in [4.69, 9.17) is 9.47 Å². The van der Waals surface area contributed by atoms with Crippen LogP contribution in [0, 0.1) is 0 Å². The normalized spacial score (nSPS) is 13.1. The Kier molecular flexibility index (Phi) is 7.68. The number of likely N-dealkylation sites (N-methyl/N-ethyl adjacent to an activating group) is 1. The van der Waals surface area contributed by atoms with Gasteiger partial charge in [0.25, 0.3) is 0 Å². The molecule has 4 nitrogen and oxygen atoms in total. The minimum atomic E-state index is -0.548. The summed E-state index contributed by atoms with van der Waals surface area (Å²) >= 11 is 0. The maximum absolute atomic E-state index is 10.7. The molecule has 0 fully saturated rings. The lowest BCUT2D eigenvalue weighted by Gasteiger charge is -2.29. The number of aliphatic hydroxyl groups is 1. The van der Waals surface area contributed by atoms with E-state index in [2.05, 4.69) is 11.0 Å². The largest absolute Gasteiger partial charge is 0.490 e. The summed E-state index contributed by atoms with van der Waals surface area (Å²) in [4.78, 5) is 2.14. The highest BCUT2D eigenvalue weighted by molar-refractivity contribution is 5.33. The van der Waals surface area contributed by atoms with Crippen molar-refractivity contribution in [1.82, 2.24) is 4.90 Å². The Hall–Kier alpha value is -2.82. The fourth-order valence-electron chi connectivity index (χ4n) is 3.19. The molecule has 1 N–H and O–H groups in total. The molecule has 2 atom stereocenters. The standard InChI is InChI=1S/C25H29NO3/c1-20(25(27)21-11-5-3-6-12-21)26(2)19-22-13-9-10-16-24(22)29-18-17-28-23-14-7-4-8-15-23/h3-16,20,25,27H,17-19H2,1-2H3. The maximum Gasteiger partial charge on any atom is 0.123 e. The van der Waals surface area contributed by atoms with Crippen LogP contribution in [-0.2, 0) is 6.54 Å². The van der Waals surface area contributed by atoms with E-state index in [0.29, 0.717) is 19.8 Å². The second-order valence-electron chi connectivity index (χ2n) is 7.13. The van der Waals surface area contributed by atoms with Gasteiger partial charge < -0.3 is 14.6 Å². The van der Waals surface area contributed by atoms with E-state index in [1.807, 2.05) is 92.8 Å². The molecule has 152 valence electrons. The fourth-order valence-corrected chi connectivity index (χ4v) is 3.19. The summed E-state index contributed by atoms with van der Waals surface area (Å²) in [5.41, 5.74) is 2.01. The van der Waals surface area contributed by atoms with Crippen LogP contribution in [0.15, 0.2) is 84.9 Å². The third kappa shape index (κ3) is 6.08. The molecule has 0 aromatic heterocycles. The van der Waals surface area contributed by atoms with Crippen LogP contribution >= 0.6 is 0 Å². The van der Waals surface area contributed by atoms with E-state index in [0.717, 1.165) is 22.6 Å². The van der Waals surface area contributed by atoms with E-state index < -0.39 is 6.10 Å². The highest BCUT2D eigenvalue weighted by atomic mass is 16.5. The molecule has 0 saturated heterocycles. The molecule has 0 heterocycles. The minimum Gasteiger partial charge on any atom is -0.490 e. The molecule has 0 saturated carbocycles. The van der Waals surface area contributed by atoms with Crippen LogP contribution < -0.4 is 9.47 Å². The summed E-state index contributed by atoms with van der Waals surface area (Å²) in [6, 6.07) is 27.5. The van der Waals surface area contributed by atoms with E-state index in [9.17, 15) is 5.11 Å². The van der Waals surface area contributed by atoms with Crippen LogP contribution in [0.25, 0.3) is 0 Å². The number of ether oxygens (including phenoxy) is 2. The van der Waals surface area contributed by atoms with Crippen molar-refractivity contribution in [2.24, 2.45) is 0 Å². The fraction of sp³-hybridized carbons (Fsp3) is 0.280. The second kappa shape index (κ2) is 10.6. The number of aliphatic hydroxyl groups excluding tert-OH is 1. The highest BCUT2D eigenvalue weighted by Crippen LogP contribution is 2.24. The summed E-state index contributed by atoms with van der Waals surface area (Å²) in [7, 11) is 2.02. The summed E-state index contributed by atoms with van der Waals surface area (Å²) in [5.74, 6) is 1.69. The van der Waals surface area contributed by atoms with Gasteiger partial charge in [-0.3, -0.25) is 4.90 Å². The molecule has 3 aromatic carbocycles. The van der Waals surface area contributed by atoms with Gasteiger partial charge in [0.1, 0.15) is 24.7 Å². The molecule has 3 aromatic rings. The lowest BCUT2D eigenvalue weighted by atomic mass is 10.0. The van der Waals surface area contributed by atoms with Gasteiger partial charge in [0.15, 0.2) is 0 Å². The molecular weight excluding hydrogens is 362 g/mol. The highest BCUT2D eigenvalue weighted by Gasteiger charge is 2.21. The number of hydrogen-bond donors (Lipinski definition) is 1. The van der Waals surface area contributed by atoms with E-state index in [1.54, 1.807) is 0 Å². The molecule has 0 aliphatic rings. The van der Waals surface area contributed by atoms with Crippen LogP contribution in [0.3, 0.4) is 0 Å². The van der Waals surface area contributed by atoms with Gasteiger partial charge in [0.05, 0.1) is 6.10 Å². The van der Waals surface area contributed by atoms with Crippen molar-refractivity contribution in [3.63, 3.8) is 0 Å². The zero-order chi connectivity index (χ0) is 20.5. The van der Waals surface area contributed by atoms with Crippen molar-refractivity contribution >= 4 is 0 Å². The molecule has 0 radical (unpaired) electrons. The van der Waals surface area contributed by atoms with Crippen molar-refractivity contribution in [2.75, 3.05) is 20.3 Å². The predicted octanol–water partition coefficient (Wildman–Crippen LogP) is 4.70. The van der Waals surface area contributed by atoms with Crippen LogP contribution in [0.2, 0.25) is 0 Å². The Morgan fingerprint density at radius 3 is 2.10 bits per heavy atom. The lowest BCUT2D eigenvalue weighted by Crippen LogP contribution is -2.34. The second-order valence-corrected chi connectivity index (χ2v) is 7.13. The van der Waals surface area contributed by atoms with Crippen LogP contribution in [0.5, 0.6) is 11.5 Å². The molecule has 0 aliphatic carbocycles. The first-order valence-electron chi connectivity index (χ1n) is 9.97. The first kappa shape index (κ1) is 20.9. The number of rotatable bonds is 10. The Labute approximate surface area is 173 Å². The Morgan fingerprint density at radius 2 is 1.38 bits per heavy atom. The molecule has 0 amide bonds. The molecule has 0 spiro atoms. The molecule has 29 heavy (non-hydrogen) atoms. The van der Waals surface area contributed by atoms with E-state index in [-0.39, 0.29) is 6.04 Å². The Morgan fingerprint density at radius 1 is 0.793 bits per heavy atom. The summed E-state index contributed by atoms with van der Waals surface area (Å²) in [6.45, 7) is 3.67. The van der Waals surface area contributed by atoms with E-state index in [1.165, 1.54) is 0 Å². The van der Waals surface area contributed by atoms with Crippen molar-refractivity contribution < 1.29 is 14.6 Å².